The average Bonchev–Trinajstić information content (AvgIpc) is 3.27. The minimum absolute atomic E-state index is 0.0340. The van der Waals surface area contributed by atoms with Crippen molar-refractivity contribution in [2.75, 3.05) is 20.7 Å². The molecule has 7 nitrogen and oxygen atoms in total. The molecule has 1 aliphatic carbocycles. The molecule has 0 aromatic carbocycles. The summed E-state index contributed by atoms with van der Waals surface area (Å²) in [7, 11) is 2.83. The number of esters is 1. The first-order valence-corrected chi connectivity index (χ1v) is 6.87. The average molecular weight is 293 g/mol. The Hall–Kier alpha value is -2.18. The summed E-state index contributed by atoms with van der Waals surface area (Å²) in [5.74, 6) is 0.138. The number of hydrogen-bond donors (Lipinski definition) is 1. The summed E-state index contributed by atoms with van der Waals surface area (Å²) in [6.45, 7) is 1.84. The summed E-state index contributed by atoms with van der Waals surface area (Å²) < 4.78 is 4.53. The van der Waals surface area contributed by atoms with Gasteiger partial charge in [-0.25, -0.2) is 4.98 Å². The van der Waals surface area contributed by atoms with Crippen LogP contribution in [-0.2, 0) is 9.53 Å². The van der Waals surface area contributed by atoms with Crippen LogP contribution in [0.3, 0.4) is 0 Å². The van der Waals surface area contributed by atoms with Crippen LogP contribution in [0, 0.1) is 6.92 Å². The summed E-state index contributed by atoms with van der Waals surface area (Å²) in [4.78, 5) is 43.8. The SMILES string of the molecule is COC(=O)CCN(C)C(=O)c1c(C)nc(C2CC2)[nH]c1=O. The van der Waals surface area contributed by atoms with Gasteiger partial charge in [0.1, 0.15) is 11.4 Å². The third-order valence-corrected chi connectivity index (χ3v) is 3.52. The van der Waals surface area contributed by atoms with Gasteiger partial charge in [0.05, 0.1) is 19.2 Å². The molecule has 1 heterocycles. The van der Waals surface area contributed by atoms with Gasteiger partial charge in [0.15, 0.2) is 0 Å². The lowest BCUT2D eigenvalue weighted by Gasteiger charge is -2.17. The molecular weight excluding hydrogens is 274 g/mol. The minimum atomic E-state index is -0.437. The van der Waals surface area contributed by atoms with Crippen molar-refractivity contribution in [3.05, 3.63) is 27.4 Å². The van der Waals surface area contributed by atoms with E-state index in [1.165, 1.54) is 12.0 Å². The molecule has 0 saturated heterocycles. The Labute approximate surface area is 122 Å². The molecule has 2 rings (SSSR count). The number of rotatable bonds is 5. The third kappa shape index (κ3) is 3.48. The van der Waals surface area contributed by atoms with E-state index >= 15 is 0 Å². The molecule has 0 unspecified atom stereocenters. The zero-order chi connectivity index (χ0) is 15.6. The predicted octanol–water partition coefficient (Wildman–Crippen LogP) is 0.591. The van der Waals surface area contributed by atoms with Crippen LogP contribution in [0.5, 0.6) is 0 Å². The Bertz CT molecular complexity index is 619. The fourth-order valence-corrected chi connectivity index (χ4v) is 2.06. The van der Waals surface area contributed by atoms with Crippen molar-refractivity contribution in [2.45, 2.75) is 32.1 Å². The molecule has 21 heavy (non-hydrogen) atoms. The number of aryl methyl sites for hydroxylation is 1. The van der Waals surface area contributed by atoms with Gasteiger partial charge in [0.2, 0.25) is 0 Å². The maximum atomic E-state index is 12.3. The first-order chi connectivity index (χ1) is 9.93. The van der Waals surface area contributed by atoms with E-state index in [0.717, 1.165) is 12.8 Å². The van der Waals surface area contributed by atoms with Crippen LogP contribution < -0.4 is 5.56 Å². The molecule has 1 amide bonds. The molecule has 1 fully saturated rings. The van der Waals surface area contributed by atoms with Crippen LogP contribution in [0.1, 0.15) is 47.1 Å². The van der Waals surface area contributed by atoms with Gasteiger partial charge in [0.25, 0.3) is 11.5 Å². The fraction of sp³-hybridized carbons (Fsp3) is 0.571. The topological polar surface area (TPSA) is 92.4 Å². The quantitative estimate of drug-likeness (QED) is 0.802. The van der Waals surface area contributed by atoms with Crippen molar-refractivity contribution >= 4 is 11.9 Å². The molecule has 1 aromatic heterocycles. The number of H-pyrrole nitrogens is 1. The second-order valence-corrected chi connectivity index (χ2v) is 5.24. The van der Waals surface area contributed by atoms with Crippen molar-refractivity contribution in [1.82, 2.24) is 14.9 Å². The zero-order valence-corrected chi connectivity index (χ0v) is 12.4. The number of aromatic amines is 1. The Kier molecular flexibility index (Phi) is 4.40. The van der Waals surface area contributed by atoms with E-state index in [-0.39, 0.29) is 18.5 Å². The summed E-state index contributed by atoms with van der Waals surface area (Å²) in [6, 6.07) is 0. The Balaban J connectivity index is 2.15. The molecule has 0 bridgehead atoms. The number of nitrogens with zero attached hydrogens (tertiary/aromatic N) is 2. The Morgan fingerprint density at radius 1 is 1.43 bits per heavy atom. The monoisotopic (exact) mass is 293 g/mol. The van der Waals surface area contributed by atoms with Crippen LogP contribution in [-0.4, -0.2) is 47.4 Å². The van der Waals surface area contributed by atoms with Gasteiger partial charge < -0.3 is 14.6 Å². The van der Waals surface area contributed by atoms with Gasteiger partial charge in [0, 0.05) is 19.5 Å². The summed E-state index contributed by atoms with van der Waals surface area (Å²) in [6.07, 6.45) is 2.13. The highest BCUT2D eigenvalue weighted by Crippen LogP contribution is 2.37. The molecule has 0 aliphatic heterocycles. The number of methoxy groups -OCH3 is 1. The minimum Gasteiger partial charge on any atom is -0.469 e. The maximum Gasteiger partial charge on any atom is 0.307 e. The zero-order valence-electron chi connectivity index (χ0n) is 12.4. The summed E-state index contributed by atoms with van der Waals surface area (Å²) in [5, 5.41) is 0. The van der Waals surface area contributed by atoms with Gasteiger partial charge in [-0.15, -0.1) is 0 Å². The van der Waals surface area contributed by atoms with E-state index in [2.05, 4.69) is 14.7 Å². The highest BCUT2D eigenvalue weighted by Gasteiger charge is 2.28. The van der Waals surface area contributed by atoms with Gasteiger partial charge in [-0.3, -0.25) is 14.4 Å². The number of nitrogens with one attached hydrogen (secondary N) is 1. The maximum absolute atomic E-state index is 12.3. The van der Waals surface area contributed by atoms with E-state index in [0.29, 0.717) is 17.4 Å². The van der Waals surface area contributed by atoms with Gasteiger partial charge in [-0.2, -0.15) is 0 Å². The molecule has 114 valence electrons. The lowest BCUT2D eigenvalue weighted by Crippen LogP contribution is -2.35. The molecular formula is C14H19N3O4. The number of ether oxygens (including phenoxy) is 1. The first kappa shape index (κ1) is 15.2. The Morgan fingerprint density at radius 3 is 2.62 bits per heavy atom. The fourth-order valence-electron chi connectivity index (χ4n) is 2.06. The molecule has 0 spiro atoms. The second-order valence-electron chi connectivity index (χ2n) is 5.24. The lowest BCUT2D eigenvalue weighted by atomic mass is 10.2. The number of carbonyl (C=O) groups excluding carboxylic acids is 2. The van der Waals surface area contributed by atoms with Gasteiger partial charge >= 0.3 is 5.97 Å². The molecule has 1 saturated carbocycles. The van der Waals surface area contributed by atoms with E-state index < -0.39 is 17.4 Å². The number of aromatic nitrogens is 2. The first-order valence-electron chi connectivity index (χ1n) is 6.87. The molecule has 1 aliphatic rings. The van der Waals surface area contributed by atoms with E-state index in [4.69, 9.17) is 0 Å². The van der Waals surface area contributed by atoms with E-state index in [1.807, 2.05) is 0 Å². The van der Waals surface area contributed by atoms with Crippen molar-refractivity contribution in [3.63, 3.8) is 0 Å². The van der Waals surface area contributed by atoms with E-state index in [9.17, 15) is 14.4 Å². The van der Waals surface area contributed by atoms with Crippen LogP contribution in [0.25, 0.3) is 0 Å². The predicted molar refractivity (Wildman–Crippen MR) is 75.2 cm³/mol. The number of amides is 1. The third-order valence-electron chi connectivity index (χ3n) is 3.52. The highest BCUT2D eigenvalue weighted by molar-refractivity contribution is 5.94. The van der Waals surface area contributed by atoms with Crippen LogP contribution in [0.4, 0.5) is 0 Å². The normalized spacial score (nSPS) is 13.9. The Morgan fingerprint density at radius 2 is 2.10 bits per heavy atom. The smallest absolute Gasteiger partial charge is 0.307 e. The largest absolute Gasteiger partial charge is 0.469 e. The molecule has 1 aromatic rings. The van der Waals surface area contributed by atoms with Crippen LogP contribution >= 0.6 is 0 Å². The van der Waals surface area contributed by atoms with Crippen molar-refractivity contribution < 1.29 is 14.3 Å². The second kappa shape index (κ2) is 6.07. The van der Waals surface area contributed by atoms with Gasteiger partial charge in [-0.1, -0.05) is 0 Å². The summed E-state index contributed by atoms with van der Waals surface area (Å²) >= 11 is 0. The van der Waals surface area contributed by atoms with Crippen molar-refractivity contribution in [3.8, 4) is 0 Å². The summed E-state index contributed by atoms with van der Waals surface area (Å²) in [5.41, 5.74) is 0.0432. The van der Waals surface area contributed by atoms with Gasteiger partial charge in [-0.05, 0) is 19.8 Å². The van der Waals surface area contributed by atoms with Crippen molar-refractivity contribution in [1.29, 1.82) is 0 Å². The highest BCUT2D eigenvalue weighted by atomic mass is 16.5. The number of hydrogen-bond acceptors (Lipinski definition) is 5. The lowest BCUT2D eigenvalue weighted by molar-refractivity contribution is -0.140. The molecule has 0 radical (unpaired) electrons. The molecule has 0 atom stereocenters. The van der Waals surface area contributed by atoms with E-state index in [1.54, 1.807) is 14.0 Å². The number of carbonyl (C=O) groups is 2. The standard InChI is InChI=1S/C14H19N3O4/c1-8-11(13(19)16-12(15-8)9-4-5-9)14(20)17(2)7-6-10(18)21-3/h9H,4-7H2,1-3H3,(H,15,16,19). The molecule has 1 N–H and O–H groups in total. The molecule has 7 heteroatoms. The van der Waals surface area contributed by atoms with Crippen LogP contribution in [0.15, 0.2) is 4.79 Å². The van der Waals surface area contributed by atoms with Crippen molar-refractivity contribution in [2.24, 2.45) is 0 Å². The van der Waals surface area contributed by atoms with Crippen LogP contribution in [0.2, 0.25) is 0 Å².